The number of carbonyl (C=O) groups is 1. The molecule has 0 saturated heterocycles. The normalized spacial score (nSPS) is 19.3. The molecular formula is C13H25NO3. The van der Waals surface area contributed by atoms with Crippen molar-refractivity contribution in [1.82, 2.24) is 4.90 Å². The van der Waals surface area contributed by atoms with Crippen LogP contribution < -0.4 is 0 Å². The van der Waals surface area contributed by atoms with Crippen molar-refractivity contribution >= 4 is 6.09 Å². The lowest BCUT2D eigenvalue weighted by Gasteiger charge is -2.49. The Labute approximate surface area is 104 Å². The number of hydrogen-bond acceptors (Lipinski definition) is 2. The van der Waals surface area contributed by atoms with Crippen molar-refractivity contribution in [2.75, 3.05) is 13.2 Å². The third kappa shape index (κ3) is 2.73. The largest absolute Gasteiger partial charge is 0.465 e. The molecule has 1 aliphatic rings. The molecule has 0 spiro atoms. The second kappa shape index (κ2) is 5.25. The summed E-state index contributed by atoms with van der Waals surface area (Å²) in [5.41, 5.74) is -0.314. The van der Waals surface area contributed by atoms with Crippen LogP contribution in [0.15, 0.2) is 0 Å². The minimum Gasteiger partial charge on any atom is -0.465 e. The summed E-state index contributed by atoms with van der Waals surface area (Å²) >= 11 is 0. The third-order valence-corrected chi connectivity index (χ3v) is 4.11. The zero-order chi connectivity index (χ0) is 13.1. The summed E-state index contributed by atoms with van der Waals surface area (Å²) in [5, 5.41) is 18.3. The van der Waals surface area contributed by atoms with Gasteiger partial charge in [-0.15, -0.1) is 0 Å². The second-order valence-electron chi connectivity index (χ2n) is 6.00. The maximum Gasteiger partial charge on any atom is 0.407 e. The van der Waals surface area contributed by atoms with Gasteiger partial charge in [0.25, 0.3) is 0 Å². The first-order valence-electron chi connectivity index (χ1n) is 6.46. The number of amides is 1. The molecule has 0 heterocycles. The van der Waals surface area contributed by atoms with Crippen LogP contribution in [0.2, 0.25) is 0 Å². The van der Waals surface area contributed by atoms with E-state index >= 15 is 0 Å². The van der Waals surface area contributed by atoms with E-state index in [9.17, 15) is 9.90 Å². The summed E-state index contributed by atoms with van der Waals surface area (Å²) in [7, 11) is 0. The van der Waals surface area contributed by atoms with Gasteiger partial charge in [0, 0.05) is 13.2 Å². The van der Waals surface area contributed by atoms with Crippen LogP contribution in [0.1, 0.15) is 52.9 Å². The zero-order valence-electron chi connectivity index (χ0n) is 11.2. The summed E-state index contributed by atoms with van der Waals surface area (Å²) in [4.78, 5) is 13.1. The third-order valence-electron chi connectivity index (χ3n) is 4.11. The van der Waals surface area contributed by atoms with Gasteiger partial charge in [-0.2, -0.15) is 0 Å². The molecule has 4 nitrogen and oxygen atoms in total. The lowest BCUT2D eigenvalue weighted by Crippen LogP contribution is -2.57. The summed E-state index contributed by atoms with van der Waals surface area (Å²) < 4.78 is 0. The Balaban J connectivity index is 2.97. The molecule has 1 saturated carbocycles. The van der Waals surface area contributed by atoms with Crippen molar-refractivity contribution in [2.24, 2.45) is 5.41 Å². The highest BCUT2D eigenvalue weighted by molar-refractivity contribution is 5.66. The van der Waals surface area contributed by atoms with E-state index in [2.05, 4.69) is 20.8 Å². The van der Waals surface area contributed by atoms with Crippen LogP contribution in [0.4, 0.5) is 4.79 Å². The van der Waals surface area contributed by atoms with E-state index < -0.39 is 6.09 Å². The van der Waals surface area contributed by atoms with Crippen LogP contribution in [-0.2, 0) is 0 Å². The van der Waals surface area contributed by atoms with E-state index in [-0.39, 0.29) is 17.6 Å². The lowest BCUT2D eigenvalue weighted by atomic mass is 9.71. The molecule has 1 amide bonds. The first kappa shape index (κ1) is 14.3. The minimum absolute atomic E-state index is 0.0456. The van der Waals surface area contributed by atoms with Crippen molar-refractivity contribution in [3.8, 4) is 0 Å². The number of carboxylic acid groups (broad SMARTS) is 1. The maximum atomic E-state index is 11.5. The maximum absolute atomic E-state index is 11.5. The van der Waals surface area contributed by atoms with E-state index in [1.165, 1.54) is 0 Å². The van der Waals surface area contributed by atoms with Crippen LogP contribution in [0.3, 0.4) is 0 Å². The molecule has 2 N–H and O–H groups in total. The molecule has 0 radical (unpaired) electrons. The van der Waals surface area contributed by atoms with E-state index in [1.54, 1.807) is 4.90 Å². The van der Waals surface area contributed by atoms with Crippen molar-refractivity contribution in [2.45, 2.75) is 58.4 Å². The fraction of sp³-hybridized carbons (Fsp3) is 0.923. The quantitative estimate of drug-likeness (QED) is 0.798. The van der Waals surface area contributed by atoms with Gasteiger partial charge in [-0.1, -0.05) is 33.6 Å². The Morgan fingerprint density at radius 1 is 1.29 bits per heavy atom. The van der Waals surface area contributed by atoms with Gasteiger partial charge in [-0.05, 0) is 24.7 Å². The molecule has 100 valence electrons. The second-order valence-corrected chi connectivity index (χ2v) is 6.00. The van der Waals surface area contributed by atoms with Crippen LogP contribution in [0.25, 0.3) is 0 Å². The standard InChI is InChI=1S/C13H25NO3/c1-12(2,3)13(7-4-5-8-13)14(11(16)17)9-6-10-15/h15H,4-10H2,1-3H3,(H,16,17). The predicted molar refractivity (Wildman–Crippen MR) is 67.1 cm³/mol. The predicted octanol–water partition coefficient (Wildman–Crippen LogP) is 2.71. The van der Waals surface area contributed by atoms with Crippen LogP contribution in [0.5, 0.6) is 0 Å². The van der Waals surface area contributed by atoms with Crippen molar-refractivity contribution in [3.05, 3.63) is 0 Å². The Bertz CT molecular complexity index is 264. The Morgan fingerprint density at radius 3 is 2.18 bits per heavy atom. The number of nitrogens with zero attached hydrogens (tertiary/aromatic N) is 1. The Hall–Kier alpha value is -0.770. The number of rotatable bonds is 4. The lowest BCUT2D eigenvalue weighted by molar-refractivity contribution is 0.00302. The van der Waals surface area contributed by atoms with Crippen molar-refractivity contribution in [1.29, 1.82) is 0 Å². The van der Waals surface area contributed by atoms with Gasteiger partial charge < -0.3 is 15.1 Å². The molecule has 0 aromatic carbocycles. The molecule has 4 heteroatoms. The van der Waals surface area contributed by atoms with Crippen LogP contribution in [-0.4, -0.2) is 39.9 Å². The van der Waals surface area contributed by atoms with Gasteiger partial charge in [0.15, 0.2) is 0 Å². The Morgan fingerprint density at radius 2 is 1.82 bits per heavy atom. The average molecular weight is 243 g/mol. The minimum atomic E-state index is -0.852. The van der Waals surface area contributed by atoms with Gasteiger partial charge in [-0.3, -0.25) is 0 Å². The molecule has 0 atom stereocenters. The number of aliphatic hydroxyl groups excluding tert-OH is 1. The highest BCUT2D eigenvalue weighted by Crippen LogP contribution is 2.47. The Kier molecular flexibility index (Phi) is 4.42. The molecular weight excluding hydrogens is 218 g/mol. The van der Waals surface area contributed by atoms with Crippen LogP contribution >= 0.6 is 0 Å². The highest BCUT2D eigenvalue weighted by Gasteiger charge is 2.50. The highest BCUT2D eigenvalue weighted by atomic mass is 16.4. The molecule has 0 aromatic heterocycles. The van der Waals surface area contributed by atoms with Gasteiger partial charge in [0.05, 0.1) is 5.54 Å². The van der Waals surface area contributed by atoms with E-state index in [0.29, 0.717) is 13.0 Å². The fourth-order valence-electron chi connectivity index (χ4n) is 3.11. The number of aliphatic hydroxyl groups is 1. The smallest absolute Gasteiger partial charge is 0.407 e. The van der Waals surface area contributed by atoms with Crippen molar-refractivity contribution < 1.29 is 15.0 Å². The van der Waals surface area contributed by atoms with Gasteiger partial charge in [0.1, 0.15) is 0 Å². The SMILES string of the molecule is CC(C)(C)C1(N(CCCO)C(=O)O)CCCC1. The summed E-state index contributed by atoms with van der Waals surface area (Å²) in [6, 6.07) is 0. The molecule has 0 aromatic rings. The molecule has 0 bridgehead atoms. The molecule has 17 heavy (non-hydrogen) atoms. The molecule has 1 aliphatic carbocycles. The first-order chi connectivity index (χ1) is 7.85. The summed E-state index contributed by atoms with van der Waals surface area (Å²) in [6.45, 7) is 6.83. The summed E-state index contributed by atoms with van der Waals surface area (Å²) in [6.07, 6.45) is 3.74. The average Bonchev–Trinajstić information content (AvgIpc) is 2.67. The molecule has 1 rings (SSSR count). The van der Waals surface area contributed by atoms with E-state index in [4.69, 9.17) is 5.11 Å². The van der Waals surface area contributed by atoms with E-state index in [0.717, 1.165) is 25.7 Å². The summed E-state index contributed by atoms with van der Waals surface area (Å²) in [5.74, 6) is 0. The van der Waals surface area contributed by atoms with Gasteiger partial charge in [-0.25, -0.2) is 4.79 Å². The fourth-order valence-corrected chi connectivity index (χ4v) is 3.11. The number of hydrogen-bond donors (Lipinski definition) is 2. The van der Waals surface area contributed by atoms with E-state index in [1.807, 2.05) is 0 Å². The zero-order valence-corrected chi connectivity index (χ0v) is 11.2. The van der Waals surface area contributed by atoms with Gasteiger partial charge in [0.2, 0.25) is 0 Å². The van der Waals surface area contributed by atoms with Crippen LogP contribution in [0, 0.1) is 5.41 Å². The first-order valence-corrected chi connectivity index (χ1v) is 6.46. The topological polar surface area (TPSA) is 60.8 Å². The van der Waals surface area contributed by atoms with Crippen molar-refractivity contribution in [3.63, 3.8) is 0 Å². The molecule has 0 unspecified atom stereocenters. The molecule has 0 aliphatic heterocycles. The monoisotopic (exact) mass is 243 g/mol. The molecule has 1 fully saturated rings. The van der Waals surface area contributed by atoms with Gasteiger partial charge >= 0.3 is 6.09 Å².